The minimum absolute atomic E-state index is 0.00501. The summed E-state index contributed by atoms with van der Waals surface area (Å²) in [7, 11) is 0. The van der Waals surface area contributed by atoms with E-state index in [-0.39, 0.29) is 5.60 Å². The second kappa shape index (κ2) is 5.65. The molecule has 1 unspecified atom stereocenters. The van der Waals surface area contributed by atoms with Gasteiger partial charge in [0, 0.05) is 19.0 Å². The first-order valence-corrected chi connectivity index (χ1v) is 8.02. The molecule has 1 N–H and O–H groups in total. The van der Waals surface area contributed by atoms with Crippen LogP contribution in [0.15, 0.2) is 48.5 Å². The Morgan fingerprint density at radius 3 is 2.82 bits per heavy atom. The predicted molar refractivity (Wildman–Crippen MR) is 86.4 cm³/mol. The maximum Gasteiger partial charge on any atom is 0.127 e. The minimum Gasteiger partial charge on any atom is -0.489 e. The molecule has 3 nitrogen and oxygen atoms in total. The summed E-state index contributed by atoms with van der Waals surface area (Å²) in [6.45, 7) is 2.60. The van der Waals surface area contributed by atoms with Gasteiger partial charge >= 0.3 is 0 Å². The average Bonchev–Trinajstić information content (AvgIpc) is 3.01. The fraction of sp³-hybridized carbons (Fsp3) is 0.368. The van der Waals surface area contributed by atoms with E-state index in [2.05, 4.69) is 35.6 Å². The molecule has 0 radical (unpaired) electrons. The topological polar surface area (TPSA) is 30.5 Å². The number of hydrogen-bond donors (Lipinski definition) is 1. The van der Waals surface area contributed by atoms with Crippen LogP contribution in [-0.4, -0.2) is 18.7 Å². The number of ether oxygens (including phenoxy) is 2. The van der Waals surface area contributed by atoms with Crippen LogP contribution in [0, 0.1) is 0 Å². The van der Waals surface area contributed by atoms with Gasteiger partial charge in [-0.15, -0.1) is 0 Å². The monoisotopic (exact) mass is 295 g/mol. The average molecular weight is 295 g/mol. The first kappa shape index (κ1) is 13.6. The first-order valence-electron chi connectivity index (χ1n) is 8.02. The molecule has 1 atom stereocenters. The number of hydrogen-bond acceptors (Lipinski definition) is 3. The molecule has 2 aliphatic heterocycles. The number of fused-ring (bicyclic) bond motifs is 1. The molecule has 114 valence electrons. The predicted octanol–water partition coefficient (Wildman–Crippen LogP) is 3.32. The van der Waals surface area contributed by atoms with Crippen LogP contribution in [0.5, 0.6) is 11.5 Å². The third-order valence-corrected chi connectivity index (χ3v) is 4.67. The van der Waals surface area contributed by atoms with E-state index < -0.39 is 0 Å². The third-order valence-electron chi connectivity index (χ3n) is 4.67. The normalized spacial score (nSPS) is 23.1. The Morgan fingerprint density at radius 1 is 1.09 bits per heavy atom. The Kier molecular flexibility index (Phi) is 3.51. The van der Waals surface area contributed by atoms with Crippen molar-refractivity contribution in [3.8, 4) is 11.5 Å². The van der Waals surface area contributed by atoms with Crippen molar-refractivity contribution in [2.45, 2.75) is 31.5 Å². The zero-order chi connectivity index (χ0) is 14.8. The van der Waals surface area contributed by atoms with Crippen molar-refractivity contribution in [2.24, 2.45) is 0 Å². The minimum atomic E-state index is 0.00501. The van der Waals surface area contributed by atoms with Gasteiger partial charge in [-0.25, -0.2) is 0 Å². The molecular weight excluding hydrogens is 274 g/mol. The Balaban J connectivity index is 1.49. The molecule has 2 aliphatic rings. The fourth-order valence-electron chi connectivity index (χ4n) is 3.34. The molecule has 2 heterocycles. The molecule has 0 bridgehead atoms. The molecule has 0 saturated carbocycles. The summed E-state index contributed by atoms with van der Waals surface area (Å²) in [5.41, 5.74) is 2.48. The summed E-state index contributed by atoms with van der Waals surface area (Å²) >= 11 is 0. The lowest BCUT2D eigenvalue weighted by atomic mass is 9.90. The zero-order valence-corrected chi connectivity index (χ0v) is 12.7. The highest BCUT2D eigenvalue weighted by molar-refractivity contribution is 5.43. The van der Waals surface area contributed by atoms with E-state index in [0.29, 0.717) is 6.61 Å². The van der Waals surface area contributed by atoms with E-state index >= 15 is 0 Å². The Labute approximate surface area is 131 Å². The van der Waals surface area contributed by atoms with Gasteiger partial charge in [0.1, 0.15) is 23.7 Å². The molecule has 2 aromatic rings. The van der Waals surface area contributed by atoms with Crippen LogP contribution in [0.3, 0.4) is 0 Å². The summed E-state index contributed by atoms with van der Waals surface area (Å²) < 4.78 is 12.2. The molecule has 4 rings (SSSR count). The quantitative estimate of drug-likeness (QED) is 0.942. The maximum atomic E-state index is 6.33. The van der Waals surface area contributed by atoms with Crippen LogP contribution in [0.1, 0.15) is 24.0 Å². The summed E-state index contributed by atoms with van der Waals surface area (Å²) in [6, 6.07) is 16.5. The van der Waals surface area contributed by atoms with Gasteiger partial charge in [-0.2, -0.15) is 0 Å². The lowest BCUT2D eigenvalue weighted by molar-refractivity contribution is 0.0660. The van der Waals surface area contributed by atoms with Gasteiger partial charge in [0.15, 0.2) is 0 Å². The van der Waals surface area contributed by atoms with E-state index in [1.807, 2.05) is 18.2 Å². The van der Waals surface area contributed by atoms with Gasteiger partial charge < -0.3 is 14.8 Å². The summed E-state index contributed by atoms with van der Waals surface area (Å²) in [5, 5.41) is 3.42. The van der Waals surface area contributed by atoms with Gasteiger partial charge in [0.2, 0.25) is 0 Å². The van der Waals surface area contributed by atoms with Gasteiger partial charge in [-0.05, 0) is 36.6 Å². The number of nitrogens with one attached hydrogen (secondary N) is 1. The largest absolute Gasteiger partial charge is 0.489 e. The van der Waals surface area contributed by atoms with E-state index in [1.165, 1.54) is 11.1 Å². The van der Waals surface area contributed by atoms with Gasteiger partial charge in [-0.1, -0.05) is 36.4 Å². The molecular formula is C19H21NO2. The van der Waals surface area contributed by atoms with Gasteiger partial charge in [0.25, 0.3) is 0 Å². The lowest BCUT2D eigenvalue weighted by Crippen LogP contribution is -2.41. The number of benzene rings is 2. The second-order valence-electron chi connectivity index (χ2n) is 6.26. The van der Waals surface area contributed by atoms with E-state index in [9.17, 15) is 0 Å². The summed E-state index contributed by atoms with van der Waals surface area (Å²) in [5.74, 6) is 1.88. The van der Waals surface area contributed by atoms with Crippen molar-refractivity contribution in [1.82, 2.24) is 5.32 Å². The number of rotatable bonds is 3. The van der Waals surface area contributed by atoms with Crippen LogP contribution < -0.4 is 14.8 Å². The molecule has 1 saturated heterocycles. The van der Waals surface area contributed by atoms with Gasteiger partial charge in [-0.3, -0.25) is 0 Å². The molecule has 1 fully saturated rings. The molecule has 0 aromatic heterocycles. The highest BCUT2D eigenvalue weighted by Gasteiger charge is 2.39. The molecule has 22 heavy (non-hydrogen) atoms. The van der Waals surface area contributed by atoms with Crippen LogP contribution in [-0.2, 0) is 13.0 Å². The van der Waals surface area contributed by atoms with Crippen molar-refractivity contribution in [3.05, 3.63) is 59.7 Å². The van der Waals surface area contributed by atoms with Crippen molar-refractivity contribution >= 4 is 0 Å². The smallest absolute Gasteiger partial charge is 0.127 e. The molecule has 0 aliphatic carbocycles. The molecule has 0 amide bonds. The fourth-order valence-corrected chi connectivity index (χ4v) is 3.34. The SMILES string of the molecule is c1ccc(COc2ccc3c(c2)OC2(CCNC2)CC3)cc1. The Hall–Kier alpha value is -2.00. The molecule has 3 heteroatoms. The lowest BCUT2D eigenvalue weighted by Gasteiger charge is -2.35. The summed E-state index contributed by atoms with van der Waals surface area (Å²) in [6.07, 6.45) is 3.30. The second-order valence-corrected chi connectivity index (χ2v) is 6.26. The van der Waals surface area contributed by atoms with E-state index in [0.717, 1.165) is 43.9 Å². The van der Waals surface area contributed by atoms with Crippen LogP contribution >= 0.6 is 0 Å². The highest BCUT2D eigenvalue weighted by atomic mass is 16.5. The van der Waals surface area contributed by atoms with Crippen LogP contribution in [0.2, 0.25) is 0 Å². The van der Waals surface area contributed by atoms with E-state index in [1.54, 1.807) is 0 Å². The van der Waals surface area contributed by atoms with Crippen molar-refractivity contribution in [2.75, 3.05) is 13.1 Å². The Morgan fingerprint density at radius 2 is 2.00 bits per heavy atom. The van der Waals surface area contributed by atoms with Crippen LogP contribution in [0.25, 0.3) is 0 Å². The molecule has 2 aromatic carbocycles. The standard InChI is InChI=1S/C19H21NO2/c1-2-4-15(5-3-1)13-21-17-7-6-16-8-9-19(10-11-20-14-19)22-18(16)12-17/h1-7,12,20H,8-11,13-14H2. The van der Waals surface area contributed by atoms with Crippen molar-refractivity contribution < 1.29 is 9.47 Å². The van der Waals surface area contributed by atoms with Gasteiger partial charge in [0.05, 0.1) is 0 Å². The number of aryl methyl sites for hydroxylation is 1. The highest BCUT2D eigenvalue weighted by Crippen LogP contribution is 2.38. The Bertz CT molecular complexity index is 648. The maximum absolute atomic E-state index is 6.33. The van der Waals surface area contributed by atoms with E-state index in [4.69, 9.17) is 9.47 Å². The zero-order valence-electron chi connectivity index (χ0n) is 12.7. The first-order chi connectivity index (χ1) is 10.8. The summed E-state index contributed by atoms with van der Waals surface area (Å²) in [4.78, 5) is 0. The molecule has 1 spiro atoms. The van der Waals surface area contributed by atoms with Crippen molar-refractivity contribution in [3.63, 3.8) is 0 Å². The van der Waals surface area contributed by atoms with Crippen LogP contribution in [0.4, 0.5) is 0 Å². The third kappa shape index (κ3) is 2.69. The van der Waals surface area contributed by atoms with Crippen molar-refractivity contribution in [1.29, 1.82) is 0 Å².